The Hall–Kier alpha value is -1.83. The first-order valence-electron chi connectivity index (χ1n) is 7.40. The molecule has 1 aromatic carbocycles. The number of nitrogens with one attached hydrogen (secondary N) is 1. The molecule has 112 valence electrons. The highest BCUT2D eigenvalue weighted by molar-refractivity contribution is 5.96. The third-order valence-corrected chi connectivity index (χ3v) is 3.67. The molecule has 0 spiro atoms. The molecule has 1 amide bonds. The Balaban J connectivity index is 2.01. The summed E-state index contributed by atoms with van der Waals surface area (Å²) in [6, 6.07) is 5.57. The van der Waals surface area contributed by atoms with Crippen LogP contribution in [-0.2, 0) is 4.74 Å². The molecule has 1 aliphatic heterocycles. The minimum atomic E-state index is -0.0712. The first kappa shape index (κ1) is 15.6. The molecule has 21 heavy (non-hydrogen) atoms. The Morgan fingerprint density at radius 2 is 2.33 bits per heavy atom. The fourth-order valence-electron chi connectivity index (χ4n) is 2.43. The molecule has 1 aromatic rings. The Morgan fingerprint density at radius 3 is 3.05 bits per heavy atom. The monoisotopic (exact) mass is 286 g/mol. The van der Waals surface area contributed by atoms with Crippen LogP contribution in [-0.4, -0.2) is 31.7 Å². The molecule has 0 bridgehead atoms. The van der Waals surface area contributed by atoms with Gasteiger partial charge in [-0.05, 0) is 43.9 Å². The van der Waals surface area contributed by atoms with E-state index in [1.54, 1.807) is 0 Å². The average Bonchev–Trinajstić information content (AvgIpc) is 2.52. The van der Waals surface area contributed by atoms with Crippen molar-refractivity contribution in [1.29, 1.82) is 0 Å². The zero-order valence-corrected chi connectivity index (χ0v) is 12.4. The molecule has 1 saturated heterocycles. The summed E-state index contributed by atoms with van der Waals surface area (Å²) < 4.78 is 5.62. The van der Waals surface area contributed by atoms with E-state index in [1.807, 2.05) is 25.1 Å². The van der Waals surface area contributed by atoms with Gasteiger partial charge in [0.1, 0.15) is 0 Å². The van der Waals surface area contributed by atoms with Crippen molar-refractivity contribution in [2.75, 3.05) is 19.7 Å². The number of ether oxygens (including phenoxy) is 1. The lowest BCUT2D eigenvalue weighted by Gasteiger charge is -2.22. The molecular formula is C17H22N2O2. The van der Waals surface area contributed by atoms with E-state index < -0.39 is 0 Å². The van der Waals surface area contributed by atoms with Gasteiger partial charge in [0.25, 0.3) is 5.91 Å². The summed E-state index contributed by atoms with van der Waals surface area (Å²) in [6.07, 6.45) is 3.44. The van der Waals surface area contributed by atoms with Crippen LogP contribution >= 0.6 is 0 Å². The first-order chi connectivity index (χ1) is 10.2. The molecule has 2 rings (SSSR count). The Bertz CT molecular complexity index is 552. The number of carbonyl (C=O) groups is 1. The normalized spacial score (nSPS) is 17.7. The topological polar surface area (TPSA) is 64.4 Å². The summed E-state index contributed by atoms with van der Waals surface area (Å²) in [5.74, 6) is 5.74. The molecule has 0 aliphatic carbocycles. The summed E-state index contributed by atoms with van der Waals surface area (Å²) in [4.78, 5) is 12.3. The number of hydrogen-bond donors (Lipinski definition) is 2. The van der Waals surface area contributed by atoms with Gasteiger partial charge in [0.2, 0.25) is 0 Å². The van der Waals surface area contributed by atoms with Crippen molar-refractivity contribution < 1.29 is 9.53 Å². The summed E-state index contributed by atoms with van der Waals surface area (Å²) in [7, 11) is 0. The first-order valence-corrected chi connectivity index (χ1v) is 7.40. The smallest absolute Gasteiger partial charge is 0.251 e. The van der Waals surface area contributed by atoms with Crippen LogP contribution < -0.4 is 11.1 Å². The zero-order valence-electron chi connectivity index (χ0n) is 12.4. The van der Waals surface area contributed by atoms with E-state index in [2.05, 4.69) is 17.2 Å². The van der Waals surface area contributed by atoms with Crippen molar-refractivity contribution in [1.82, 2.24) is 5.32 Å². The average molecular weight is 286 g/mol. The minimum Gasteiger partial charge on any atom is -0.376 e. The number of amides is 1. The van der Waals surface area contributed by atoms with Gasteiger partial charge in [-0.15, -0.1) is 0 Å². The van der Waals surface area contributed by atoms with Crippen LogP contribution in [0, 0.1) is 18.8 Å². The van der Waals surface area contributed by atoms with Gasteiger partial charge in [0.15, 0.2) is 0 Å². The molecule has 4 nitrogen and oxygen atoms in total. The molecule has 0 saturated carbocycles. The lowest BCUT2D eigenvalue weighted by molar-refractivity contribution is 0.0169. The molecule has 0 aromatic heterocycles. The van der Waals surface area contributed by atoms with E-state index >= 15 is 0 Å². The van der Waals surface area contributed by atoms with Crippen LogP contribution in [0.4, 0.5) is 0 Å². The van der Waals surface area contributed by atoms with Crippen LogP contribution in [0.2, 0.25) is 0 Å². The van der Waals surface area contributed by atoms with E-state index in [4.69, 9.17) is 10.5 Å². The van der Waals surface area contributed by atoms with Crippen molar-refractivity contribution in [2.45, 2.75) is 32.3 Å². The van der Waals surface area contributed by atoms with Crippen molar-refractivity contribution in [3.63, 3.8) is 0 Å². The standard InChI is InChI=1S/C17H22N2O2/c1-13-14(7-5-10-18)6-4-9-16(13)17(20)19-12-15-8-2-3-11-21-15/h4,6,9,15H,2-3,8,10-12,18H2,1H3,(H,19,20). The number of rotatable bonds is 3. The van der Waals surface area contributed by atoms with Crippen molar-refractivity contribution in [2.24, 2.45) is 5.73 Å². The number of benzene rings is 1. The largest absolute Gasteiger partial charge is 0.376 e. The molecule has 0 radical (unpaired) electrons. The van der Waals surface area contributed by atoms with E-state index in [-0.39, 0.29) is 12.0 Å². The number of carbonyl (C=O) groups excluding carboxylic acids is 1. The second kappa shape index (κ2) is 7.82. The van der Waals surface area contributed by atoms with Crippen molar-refractivity contribution in [3.05, 3.63) is 34.9 Å². The second-order valence-electron chi connectivity index (χ2n) is 5.18. The van der Waals surface area contributed by atoms with Crippen LogP contribution in [0.5, 0.6) is 0 Å². The minimum absolute atomic E-state index is 0.0712. The molecule has 1 heterocycles. The highest BCUT2D eigenvalue weighted by atomic mass is 16.5. The van der Waals surface area contributed by atoms with Gasteiger partial charge in [-0.25, -0.2) is 0 Å². The molecular weight excluding hydrogens is 264 g/mol. The van der Waals surface area contributed by atoms with Gasteiger partial charge in [0, 0.05) is 24.3 Å². The fourth-order valence-corrected chi connectivity index (χ4v) is 2.43. The maximum Gasteiger partial charge on any atom is 0.251 e. The van der Waals surface area contributed by atoms with Crippen molar-refractivity contribution >= 4 is 5.91 Å². The zero-order chi connectivity index (χ0) is 15.1. The van der Waals surface area contributed by atoms with Gasteiger partial charge in [-0.1, -0.05) is 17.9 Å². The molecule has 1 atom stereocenters. The molecule has 1 aliphatic rings. The predicted octanol–water partition coefficient (Wildman–Crippen LogP) is 1.60. The third-order valence-electron chi connectivity index (χ3n) is 3.67. The van der Waals surface area contributed by atoms with Gasteiger partial charge < -0.3 is 15.8 Å². The van der Waals surface area contributed by atoms with E-state index in [0.717, 1.165) is 30.6 Å². The molecule has 4 heteroatoms. The second-order valence-corrected chi connectivity index (χ2v) is 5.18. The van der Waals surface area contributed by atoms with Gasteiger partial charge in [0.05, 0.1) is 12.6 Å². The molecule has 1 fully saturated rings. The SMILES string of the molecule is Cc1c(C#CCN)cccc1C(=O)NCC1CCCCO1. The van der Waals surface area contributed by atoms with Gasteiger partial charge in [-0.2, -0.15) is 0 Å². The quantitative estimate of drug-likeness (QED) is 0.830. The predicted molar refractivity (Wildman–Crippen MR) is 83.0 cm³/mol. The summed E-state index contributed by atoms with van der Waals surface area (Å²) in [5.41, 5.74) is 7.79. The fraction of sp³-hybridized carbons (Fsp3) is 0.471. The summed E-state index contributed by atoms with van der Waals surface area (Å²) >= 11 is 0. The molecule has 1 unspecified atom stereocenters. The van der Waals surface area contributed by atoms with Crippen LogP contribution in [0.1, 0.15) is 40.7 Å². The highest BCUT2D eigenvalue weighted by Crippen LogP contribution is 2.14. The maximum absolute atomic E-state index is 12.3. The van der Waals surface area contributed by atoms with E-state index in [9.17, 15) is 4.79 Å². The lowest BCUT2D eigenvalue weighted by Crippen LogP contribution is -2.35. The summed E-state index contributed by atoms with van der Waals surface area (Å²) in [5, 5.41) is 2.96. The van der Waals surface area contributed by atoms with E-state index in [0.29, 0.717) is 18.7 Å². The van der Waals surface area contributed by atoms with E-state index in [1.165, 1.54) is 6.42 Å². The Labute approximate surface area is 126 Å². The Morgan fingerprint density at radius 1 is 1.48 bits per heavy atom. The van der Waals surface area contributed by atoms with Crippen LogP contribution in [0.3, 0.4) is 0 Å². The van der Waals surface area contributed by atoms with Crippen LogP contribution in [0.15, 0.2) is 18.2 Å². The third kappa shape index (κ3) is 4.32. The number of nitrogens with two attached hydrogens (primary N) is 1. The highest BCUT2D eigenvalue weighted by Gasteiger charge is 2.16. The lowest BCUT2D eigenvalue weighted by atomic mass is 10.0. The maximum atomic E-state index is 12.3. The van der Waals surface area contributed by atoms with Gasteiger partial charge >= 0.3 is 0 Å². The van der Waals surface area contributed by atoms with Crippen LogP contribution in [0.25, 0.3) is 0 Å². The number of hydrogen-bond acceptors (Lipinski definition) is 3. The molecule has 3 N–H and O–H groups in total. The Kier molecular flexibility index (Phi) is 5.79. The van der Waals surface area contributed by atoms with Crippen molar-refractivity contribution in [3.8, 4) is 11.8 Å². The summed E-state index contributed by atoms with van der Waals surface area (Å²) in [6.45, 7) is 3.59. The van der Waals surface area contributed by atoms with Gasteiger partial charge in [-0.3, -0.25) is 4.79 Å².